The average molecular weight is 271 g/mol. The van der Waals surface area contributed by atoms with Crippen molar-refractivity contribution in [2.24, 2.45) is 0 Å². The highest BCUT2D eigenvalue weighted by molar-refractivity contribution is 9.09. The van der Waals surface area contributed by atoms with Crippen molar-refractivity contribution in [3.8, 4) is 0 Å². The van der Waals surface area contributed by atoms with Crippen molar-refractivity contribution >= 4 is 27.0 Å². The van der Waals surface area contributed by atoms with Gasteiger partial charge in [-0.1, -0.05) is 28.1 Å². The Bertz CT molecular complexity index is 424. The number of halogens is 1. The molecule has 0 bridgehead atoms. The third-order valence-electron chi connectivity index (χ3n) is 2.21. The van der Waals surface area contributed by atoms with Gasteiger partial charge in [-0.05, 0) is 12.1 Å². The van der Waals surface area contributed by atoms with Crippen LogP contribution in [0.3, 0.4) is 0 Å². The predicted octanol–water partition coefficient (Wildman–Crippen LogP) is 1.35. The molecule has 1 aromatic heterocycles. The molecule has 2 aromatic rings. The molecule has 15 heavy (non-hydrogen) atoms. The number of nitrogens with one attached hydrogen (secondary N) is 1. The molecule has 4 nitrogen and oxygen atoms in total. The highest BCUT2D eigenvalue weighted by Crippen LogP contribution is 2.19. The Balaban J connectivity index is 2.36. The molecular formula is C10H11BrN2O2. The quantitative estimate of drug-likeness (QED) is 0.738. The van der Waals surface area contributed by atoms with Gasteiger partial charge in [-0.2, -0.15) is 0 Å². The van der Waals surface area contributed by atoms with Gasteiger partial charge in [-0.25, -0.2) is 4.98 Å². The number of rotatable bonds is 3. The molecule has 1 aromatic carbocycles. The molecule has 0 radical (unpaired) electrons. The molecule has 0 aliphatic rings. The van der Waals surface area contributed by atoms with Crippen molar-refractivity contribution in [1.82, 2.24) is 9.97 Å². The van der Waals surface area contributed by atoms with Crippen LogP contribution in [0.4, 0.5) is 0 Å². The summed E-state index contributed by atoms with van der Waals surface area (Å²) in [5.74, 6) is 0.392. The first-order valence-electron chi connectivity index (χ1n) is 4.59. The van der Waals surface area contributed by atoms with Crippen molar-refractivity contribution in [1.29, 1.82) is 0 Å². The molecule has 0 fully saturated rings. The first kappa shape index (κ1) is 10.6. The van der Waals surface area contributed by atoms with Gasteiger partial charge in [0.05, 0.1) is 17.1 Å². The summed E-state index contributed by atoms with van der Waals surface area (Å²) >= 11 is 3.10. The van der Waals surface area contributed by atoms with Crippen LogP contribution in [0.1, 0.15) is 11.9 Å². The highest BCUT2D eigenvalue weighted by Gasteiger charge is 2.20. The van der Waals surface area contributed by atoms with E-state index in [9.17, 15) is 10.2 Å². The predicted molar refractivity (Wildman–Crippen MR) is 60.9 cm³/mol. The Morgan fingerprint density at radius 3 is 2.73 bits per heavy atom. The Morgan fingerprint density at radius 2 is 2.07 bits per heavy atom. The van der Waals surface area contributed by atoms with E-state index in [1.54, 1.807) is 0 Å². The van der Waals surface area contributed by atoms with Crippen LogP contribution in [-0.2, 0) is 0 Å². The molecule has 0 aliphatic heterocycles. The lowest BCUT2D eigenvalue weighted by Crippen LogP contribution is -2.20. The van der Waals surface area contributed by atoms with Crippen LogP contribution in [-0.4, -0.2) is 31.6 Å². The summed E-state index contributed by atoms with van der Waals surface area (Å²) < 4.78 is 0. The van der Waals surface area contributed by atoms with E-state index in [-0.39, 0.29) is 0 Å². The second-order valence-corrected chi connectivity index (χ2v) is 3.95. The van der Waals surface area contributed by atoms with Crippen LogP contribution in [0.5, 0.6) is 0 Å². The standard InChI is InChI=1S/C10H11BrN2O2/c11-5-8(14)9(15)10-12-6-3-1-2-4-7(6)13-10/h1-4,8-9,14-15H,5H2,(H,12,13). The van der Waals surface area contributed by atoms with E-state index >= 15 is 0 Å². The maximum Gasteiger partial charge on any atom is 0.138 e. The smallest absolute Gasteiger partial charge is 0.138 e. The molecule has 1 heterocycles. The second-order valence-electron chi connectivity index (χ2n) is 3.31. The van der Waals surface area contributed by atoms with Crippen LogP contribution < -0.4 is 0 Å². The fourth-order valence-corrected chi connectivity index (χ4v) is 1.73. The van der Waals surface area contributed by atoms with Crippen LogP contribution in [0.15, 0.2) is 24.3 Å². The number of alkyl halides is 1. The van der Waals surface area contributed by atoms with Crippen molar-refractivity contribution in [2.75, 3.05) is 5.33 Å². The summed E-state index contributed by atoms with van der Waals surface area (Å²) in [7, 11) is 0. The molecule has 5 heteroatoms. The Hall–Kier alpha value is -0.910. The lowest BCUT2D eigenvalue weighted by atomic mass is 10.2. The normalized spacial score (nSPS) is 15.4. The van der Waals surface area contributed by atoms with Crippen molar-refractivity contribution in [2.45, 2.75) is 12.2 Å². The van der Waals surface area contributed by atoms with E-state index in [0.29, 0.717) is 11.2 Å². The third-order valence-corrected chi connectivity index (χ3v) is 2.87. The number of aliphatic hydroxyl groups is 2. The highest BCUT2D eigenvalue weighted by atomic mass is 79.9. The van der Waals surface area contributed by atoms with Gasteiger partial charge in [0.25, 0.3) is 0 Å². The zero-order chi connectivity index (χ0) is 10.8. The van der Waals surface area contributed by atoms with E-state index in [1.807, 2.05) is 24.3 Å². The Labute approximate surface area is 95.1 Å². The fraction of sp³-hybridized carbons (Fsp3) is 0.300. The lowest BCUT2D eigenvalue weighted by Gasteiger charge is -2.12. The molecule has 2 unspecified atom stereocenters. The monoisotopic (exact) mass is 270 g/mol. The third kappa shape index (κ3) is 2.04. The van der Waals surface area contributed by atoms with Gasteiger partial charge >= 0.3 is 0 Å². The van der Waals surface area contributed by atoms with E-state index in [0.717, 1.165) is 11.0 Å². The number of fused-ring (bicyclic) bond motifs is 1. The molecule has 80 valence electrons. The van der Waals surface area contributed by atoms with Crippen LogP contribution in [0.2, 0.25) is 0 Å². The molecule has 0 aliphatic carbocycles. The van der Waals surface area contributed by atoms with Gasteiger partial charge in [-0.3, -0.25) is 0 Å². The fourth-order valence-electron chi connectivity index (χ4n) is 1.38. The van der Waals surface area contributed by atoms with Crippen molar-refractivity contribution in [3.63, 3.8) is 0 Å². The van der Waals surface area contributed by atoms with Gasteiger partial charge in [0.2, 0.25) is 0 Å². The van der Waals surface area contributed by atoms with Crippen LogP contribution >= 0.6 is 15.9 Å². The summed E-state index contributed by atoms with van der Waals surface area (Å²) in [4.78, 5) is 7.16. The minimum atomic E-state index is -0.989. The maximum atomic E-state index is 9.72. The molecular weight excluding hydrogens is 260 g/mol. The number of H-pyrrole nitrogens is 1. The van der Waals surface area contributed by atoms with Crippen molar-refractivity contribution < 1.29 is 10.2 Å². The zero-order valence-corrected chi connectivity index (χ0v) is 9.48. The average Bonchev–Trinajstić information content (AvgIpc) is 2.70. The molecule has 0 saturated heterocycles. The molecule has 0 spiro atoms. The number of aliphatic hydroxyl groups excluding tert-OH is 2. The minimum absolute atomic E-state index is 0.311. The second kappa shape index (κ2) is 4.30. The summed E-state index contributed by atoms with van der Waals surface area (Å²) in [6.45, 7) is 0. The molecule has 0 saturated carbocycles. The van der Waals surface area contributed by atoms with Gasteiger partial charge in [0, 0.05) is 5.33 Å². The molecule has 2 rings (SSSR count). The number of imidazole rings is 1. The van der Waals surface area contributed by atoms with Crippen LogP contribution in [0, 0.1) is 0 Å². The molecule has 3 N–H and O–H groups in total. The summed E-state index contributed by atoms with van der Waals surface area (Å²) in [5.41, 5.74) is 1.64. The summed E-state index contributed by atoms with van der Waals surface area (Å²) in [6, 6.07) is 7.49. The molecule has 0 amide bonds. The molecule has 2 atom stereocenters. The van der Waals surface area contributed by atoms with E-state index in [4.69, 9.17) is 0 Å². The number of para-hydroxylation sites is 2. The first-order valence-corrected chi connectivity index (χ1v) is 5.71. The summed E-state index contributed by atoms with van der Waals surface area (Å²) in [6.07, 6.45) is -1.85. The number of nitrogens with zero attached hydrogens (tertiary/aromatic N) is 1. The van der Waals surface area contributed by atoms with Crippen LogP contribution in [0.25, 0.3) is 11.0 Å². The topological polar surface area (TPSA) is 69.1 Å². The Morgan fingerprint density at radius 1 is 1.33 bits per heavy atom. The SMILES string of the molecule is OC(CBr)C(O)c1nc2ccccc2[nH]1. The van der Waals surface area contributed by atoms with E-state index in [2.05, 4.69) is 25.9 Å². The lowest BCUT2D eigenvalue weighted by molar-refractivity contribution is 0.0293. The number of aromatic nitrogens is 2. The first-order chi connectivity index (χ1) is 7.22. The van der Waals surface area contributed by atoms with Gasteiger partial charge < -0.3 is 15.2 Å². The summed E-state index contributed by atoms with van der Waals surface area (Å²) in [5, 5.41) is 19.5. The maximum absolute atomic E-state index is 9.72. The van der Waals surface area contributed by atoms with Gasteiger partial charge in [-0.15, -0.1) is 0 Å². The largest absolute Gasteiger partial charge is 0.389 e. The number of hydrogen-bond donors (Lipinski definition) is 3. The van der Waals surface area contributed by atoms with E-state index in [1.165, 1.54) is 0 Å². The minimum Gasteiger partial charge on any atom is -0.389 e. The van der Waals surface area contributed by atoms with Gasteiger partial charge in [0.1, 0.15) is 11.9 Å². The van der Waals surface area contributed by atoms with Crippen molar-refractivity contribution in [3.05, 3.63) is 30.1 Å². The van der Waals surface area contributed by atoms with Gasteiger partial charge in [0.15, 0.2) is 0 Å². The Kier molecular flexibility index (Phi) is 3.04. The van der Waals surface area contributed by atoms with E-state index < -0.39 is 12.2 Å². The number of benzene rings is 1. The number of hydrogen-bond acceptors (Lipinski definition) is 3. The number of aromatic amines is 1. The zero-order valence-electron chi connectivity index (χ0n) is 7.89.